The predicted octanol–water partition coefficient (Wildman–Crippen LogP) is -0.0142. The van der Waals surface area contributed by atoms with Gasteiger partial charge in [-0.15, -0.1) is 11.8 Å². The van der Waals surface area contributed by atoms with Crippen molar-refractivity contribution >= 4 is 63.4 Å². The van der Waals surface area contributed by atoms with Crippen molar-refractivity contribution < 1.29 is 28.9 Å². The number of carboxylic acids is 1. The Balaban J connectivity index is 1.21. The third kappa shape index (κ3) is 4.84. The van der Waals surface area contributed by atoms with Crippen molar-refractivity contribution in [3.63, 3.8) is 0 Å². The van der Waals surface area contributed by atoms with Crippen LogP contribution in [0.5, 0.6) is 0 Å². The largest absolute Gasteiger partial charge is 0.477 e. The summed E-state index contributed by atoms with van der Waals surface area (Å²) in [6.45, 7) is 4.41. The number of carbonyl (C=O) groups excluding carboxylic acids is 2. The number of β-lactam (4-membered cyclic amide) rings is 1. The van der Waals surface area contributed by atoms with Crippen LogP contribution >= 0.6 is 23.3 Å². The first kappa shape index (κ1) is 26.9. The van der Waals surface area contributed by atoms with Crippen LogP contribution in [0.25, 0.3) is 5.65 Å². The van der Waals surface area contributed by atoms with E-state index >= 15 is 0 Å². The van der Waals surface area contributed by atoms with Crippen molar-refractivity contribution in [3.05, 3.63) is 41.6 Å². The number of amides is 2. The Hall–Kier alpha value is -4.25. The van der Waals surface area contributed by atoms with Gasteiger partial charge in [0.2, 0.25) is 11.5 Å². The van der Waals surface area contributed by atoms with Gasteiger partial charge in [-0.25, -0.2) is 9.36 Å². The predicted molar refractivity (Wildman–Crippen MR) is 148 cm³/mol. The zero-order chi connectivity index (χ0) is 29.1. The van der Waals surface area contributed by atoms with Gasteiger partial charge in [-0.2, -0.15) is 9.36 Å². The SMILES string of the molecule is CC1(C)CC(O/N=C(\C(=O)N[C@@H]2C(=O)N3C(C(=O)O)=C(C[n+]4cc(N)n5ncccc54)CS[C@H]23)c2nsc(N)n2)C1. The van der Waals surface area contributed by atoms with Gasteiger partial charge in [0.05, 0.1) is 6.20 Å². The molecule has 6 rings (SSSR count). The molecule has 2 aliphatic heterocycles. The lowest BCUT2D eigenvalue weighted by Crippen LogP contribution is -2.71. The van der Waals surface area contributed by atoms with E-state index in [1.54, 1.807) is 27.5 Å². The second-order valence-corrected chi connectivity index (χ2v) is 12.7. The number of fused-ring (bicyclic) bond motifs is 2. The van der Waals surface area contributed by atoms with Crippen LogP contribution in [0.2, 0.25) is 0 Å². The fraction of sp³-hybridized carbons (Fsp3) is 0.417. The second kappa shape index (κ2) is 9.99. The lowest BCUT2D eigenvalue weighted by Gasteiger charge is -2.49. The number of oxime groups is 1. The molecule has 1 aliphatic carbocycles. The summed E-state index contributed by atoms with van der Waals surface area (Å²) in [6, 6.07) is 2.58. The van der Waals surface area contributed by atoms with E-state index in [2.05, 4.69) is 38.8 Å². The van der Waals surface area contributed by atoms with Gasteiger partial charge in [0.15, 0.2) is 11.3 Å². The molecule has 3 aromatic heterocycles. The van der Waals surface area contributed by atoms with Gasteiger partial charge >= 0.3 is 11.6 Å². The number of carboxylic acid groups (broad SMARTS) is 1. The summed E-state index contributed by atoms with van der Waals surface area (Å²) in [7, 11) is 0. The number of hydrogen-bond acceptors (Lipinski definition) is 12. The van der Waals surface area contributed by atoms with Crippen molar-refractivity contribution in [3.8, 4) is 0 Å². The first-order valence-corrected chi connectivity index (χ1v) is 14.5. The van der Waals surface area contributed by atoms with Crippen molar-refractivity contribution in [2.24, 2.45) is 10.6 Å². The van der Waals surface area contributed by atoms with Crippen molar-refractivity contribution in [2.75, 3.05) is 17.2 Å². The van der Waals surface area contributed by atoms with E-state index in [1.807, 2.05) is 6.07 Å². The van der Waals surface area contributed by atoms with Crippen molar-refractivity contribution in [1.29, 1.82) is 0 Å². The van der Waals surface area contributed by atoms with Crippen LogP contribution in [0.15, 0.2) is 41.0 Å². The quantitative estimate of drug-likeness (QED) is 0.117. The van der Waals surface area contributed by atoms with Gasteiger partial charge in [-0.1, -0.05) is 28.6 Å². The summed E-state index contributed by atoms with van der Waals surface area (Å²) < 4.78 is 7.40. The van der Waals surface area contributed by atoms with Crippen molar-refractivity contribution in [1.82, 2.24) is 29.2 Å². The molecule has 41 heavy (non-hydrogen) atoms. The molecule has 1 saturated heterocycles. The van der Waals surface area contributed by atoms with Crippen LogP contribution in [0.4, 0.5) is 10.9 Å². The third-order valence-electron chi connectivity index (χ3n) is 7.18. The number of nitrogens with two attached hydrogens (primary N) is 2. The highest BCUT2D eigenvalue weighted by Gasteiger charge is 2.54. The monoisotopic (exact) mass is 599 g/mol. The van der Waals surface area contributed by atoms with E-state index in [0.29, 0.717) is 22.8 Å². The number of nitrogen functional groups attached to an aromatic ring is 2. The number of imidazole rings is 1. The topological polar surface area (TPSA) is 207 Å². The molecule has 1 saturated carbocycles. The van der Waals surface area contributed by atoms with E-state index < -0.39 is 29.2 Å². The molecule has 0 aromatic carbocycles. The lowest BCUT2D eigenvalue weighted by atomic mass is 9.70. The Morgan fingerprint density at radius 1 is 1.34 bits per heavy atom. The number of aromatic nitrogens is 5. The summed E-state index contributed by atoms with van der Waals surface area (Å²) in [4.78, 5) is 49.8. The molecular formula is C24H27N10O5S2+. The second-order valence-electron chi connectivity index (χ2n) is 10.8. The third-order valence-corrected chi connectivity index (χ3v) is 9.06. The molecule has 15 nitrogen and oxygen atoms in total. The van der Waals surface area contributed by atoms with Gasteiger partial charge < -0.3 is 26.7 Å². The molecule has 17 heteroatoms. The number of anilines is 2. The summed E-state index contributed by atoms with van der Waals surface area (Å²) in [5.41, 5.74) is 12.8. The zero-order valence-electron chi connectivity index (χ0n) is 22.1. The van der Waals surface area contributed by atoms with E-state index in [-0.39, 0.29) is 40.4 Å². The van der Waals surface area contributed by atoms with Gasteiger partial charge in [-0.05, 0) is 24.3 Å². The first-order chi connectivity index (χ1) is 19.5. The maximum atomic E-state index is 13.3. The normalized spacial score (nSPS) is 22.2. The molecule has 214 valence electrons. The highest BCUT2D eigenvalue weighted by molar-refractivity contribution is 8.00. The maximum absolute atomic E-state index is 13.3. The van der Waals surface area contributed by atoms with E-state index in [1.165, 1.54) is 16.7 Å². The lowest BCUT2D eigenvalue weighted by molar-refractivity contribution is -0.662. The Morgan fingerprint density at radius 3 is 2.80 bits per heavy atom. The van der Waals surface area contributed by atoms with Crippen LogP contribution in [-0.2, 0) is 25.8 Å². The molecule has 0 unspecified atom stereocenters. The van der Waals surface area contributed by atoms with E-state index in [4.69, 9.17) is 16.3 Å². The van der Waals surface area contributed by atoms with Gasteiger partial charge in [-0.3, -0.25) is 14.5 Å². The first-order valence-electron chi connectivity index (χ1n) is 12.7. The standard InChI is InChI=1S/C24H26N10O5S2/c1-24(2)6-12(7-24)39-30-15(18-29-23(26)41-31-18)19(35)28-16-20(36)33-17(22(37)38)11(10-40-21(16)33)8-32-9-13(25)34-14(32)4-3-5-27-34/h3-5,9,12,16,21H,6-8,10H2,1-2H3,(H5-,25,26,27,28,29,31,35,37,38)/p+1/b30-15-/t16-,21-/m1/s1. The highest BCUT2D eigenvalue weighted by atomic mass is 32.2. The van der Waals surface area contributed by atoms with Crippen molar-refractivity contribution in [2.45, 2.75) is 50.8 Å². The summed E-state index contributed by atoms with van der Waals surface area (Å²) in [5, 5.41) is 20.5. The molecule has 0 radical (unpaired) electrons. The smallest absolute Gasteiger partial charge is 0.352 e. The Labute approximate surface area is 241 Å². The molecule has 2 amide bonds. The number of hydrogen-bond donors (Lipinski definition) is 4. The molecular weight excluding hydrogens is 572 g/mol. The summed E-state index contributed by atoms with van der Waals surface area (Å²) in [6.07, 6.45) is 4.67. The fourth-order valence-corrected chi connectivity index (χ4v) is 7.07. The molecule has 0 spiro atoms. The molecule has 2 fully saturated rings. The van der Waals surface area contributed by atoms with Crippen LogP contribution in [0, 0.1) is 5.41 Å². The van der Waals surface area contributed by atoms with Gasteiger partial charge in [0.25, 0.3) is 17.6 Å². The minimum absolute atomic E-state index is 0.0116. The average Bonchev–Trinajstić information content (AvgIpc) is 3.48. The minimum Gasteiger partial charge on any atom is -0.477 e. The number of thioether (sulfide) groups is 1. The number of aliphatic carboxylic acids is 1. The molecule has 0 bridgehead atoms. The molecule has 6 N–H and O–H groups in total. The Kier molecular flexibility index (Phi) is 6.56. The van der Waals surface area contributed by atoms with E-state index in [9.17, 15) is 19.5 Å². The van der Waals surface area contributed by atoms with Gasteiger partial charge in [0.1, 0.15) is 29.8 Å². The Bertz CT molecular complexity index is 1640. The molecule has 2 atom stereocenters. The molecule has 3 aliphatic rings. The number of rotatable bonds is 8. The Morgan fingerprint density at radius 2 is 2.12 bits per heavy atom. The summed E-state index contributed by atoms with van der Waals surface area (Å²) in [5.74, 6) is -1.81. The number of nitrogens with zero attached hydrogens (tertiary/aromatic N) is 7. The minimum atomic E-state index is -1.24. The van der Waals surface area contributed by atoms with Crippen LogP contribution in [0.1, 0.15) is 32.5 Å². The van der Waals surface area contributed by atoms with Crippen LogP contribution in [-0.4, -0.2) is 75.7 Å². The average molecular weight is 600 g/mol. The van der Waals surface area contributed by atoms with Gasteiger partial charge in [0, 0.05) is 28.9 Å². The fourth-order valence-electron chi connectivity index (χ4n) is 5.30. The molecule has 5 heterocycles. The molecule has 3 aromatic rings. The highest BCUT2D eigenvalue weighted by Crippen LogP contribution is 2.42. The van der Waals surface area contributed by atoms with E-state index in [0.717, 1.165) is 24.4 Å². The summed E-state index contributed by atoms with van der Waals surface area (Å²) >= 11 is 2.25. The number of nitrogens with one attached hydrogen (secondary N) is 1. The van der Waals surface area contributed by atoms with Crippen LogP contribution in [0.3, 0.4) is 0 Å². The zero-order valence-corrected chi connectivity index (χ0v) is 23.7. The maximum Gasteiger partial charge on any atom is 0.352 e. The van der Waals surface area contributed by atoms with Crippen LogP contribution < -0.4 is 21.4 Å². The number of carbonyl (C=O) groups is 3.